The highest BCUT2D eigenvalue weighted by Crippen LogP contribution is 2.28. The number of amides is 1. The zero-order chi connectivity index (χ0) is 12.3. The Bertz CT molecular complexity index is 377. The Kier molecular flexibility index (Phi) is 3.84. The Labute approximate surface area is 107 Å². The molecule has 1 unspecified atom stereocenters. The van der Waals surface area contributed by atoms with E-state index in [4.69, 9.17) is 5.73 Å². The normalized spacial score (nSPS) is 24.2. The highest BCUT2D eigenvalue weighted by Gasteiger charge is 2.34. The zero-order valence-electron chi connectivity index (χ0n) is 10.3. The van der Waals surface area contributed by atoms with Crippen LogP contribution < -0.4 is 5.73 Å². The van der Waals surface area contributed by atoms with Crippen LogP contribution in [0.15, 0.2) is 16.8 Å². The highest BCUT2D eigenvalue weighted by atomic mass is 32.1. The fourth-order valence-electron chi connectivity index (χ4n) is 2.25. The molecule has 1 atom stereocenters. The number of rotatable bonds is 4. The van der Waals surface area contributed by atoms with Crippen molar-refractivity contribution in [1.29, 1.82) is 0 Å². The minimum atomic E-state index is 0.137. The quantitative estimate of drug-likeness (QED) is 0.889. The van der Waals surface area contributed by atoms with Crippen LogP contribution in [0.5, 0.6) is 0 Å². The molecule has 0 aromatic carbocycles. The van der Waals surface area contributed by atoms with Crippen LogP contribution in [0.25, 0.3) is 0 Å². The van der Waals surface area contributed by atoms with Gasteiger partial charge in [-0.2, -0.15) is 11.3 Å². The van der Waals surface area contributed by atoms with Crippen molar-refractivity contribution in [3.05, 3.63) is 22.4 Å². The summed E-state index contributed by atoms with van der Waals surface area (Å²) in [7, 11) is 0. The third-order valence-corrected chi connectivity index (χ3v) is 4.34. The van der Waals surface area contributed by atoms with Gasteiger partial charge in [0.15, 0.2) is 0 Å². The molecule has 0 radical (unpaired) electrons. The second-order valence-electron chi connectivity index (χ2n) is 5.21. The van der Waals surface area contributed by atoms with E-state index in [2.05, 4.69) is 23.8 Å². The average molecular weight is 252 g/mol. The maximum Gasteiger partial charge on any atom is 0.222 e. The Balaban J connectivity index is 1.81. The molecule has 1 amide bonds. The molecular weight excluding hydrogens is 232 g/mol. The van der Waals surface area contributed by atoms with Crippen molar-refractivity contribution in [2.24, 2.45) is 11.1 Å². The molecule has 3 nitrogen and oxygen atoms in total. The number of aryl methyl sites for hydroxylation is 1. The van der Waals surface area contributed by atoms with E-state index in [-0.39, 0.29) is 11.3 Å². The molecule has 4 heteroatoms. The Morgan fingerprint density at radius 3 is 3.06 bits per heavy atom. The molecule has 2 rings (SSSR count). The van der Waals surface area contributed by atoms with Crippen molar-refractivity contribution >= 4 is 17.2 Å². The fourth-order valence-corrected chi connectivity index (χ4v) is 2.95. The number of thiophene rings is 1. The van der Waals surface area contributed by atoms with Gasteiger partial charge < -0.3 is 10.6 Å². The number of hydrogen-bond donors (Lipinski definition) is 1. The molecule has 1 aromatic heterocycles. The molecule has 1 aliphatic heterocycles. The van der Waals surface area contributed by atoms with Crippen LogP contribution in [0.1, 0.15) is 25.3 Å². The van der Waals surface area contributed by atoms with Gasteiger partial charge in [0.25, 0.3) is 0 Å². The summed E-state index contributed by atoms with van der Waals surface area (Å²) in [6.45, 7) is 4.53. The van der Waals surface area contributed by atoms with Crippen LogP contribution in [0.3, 0.4) is 0 Å². The first kappa shape index (κ1) is 12.6. The SMILES string of the molecule is CC1(CN)CCN(C(=O)CCc2ccsc2)C1. The fraction of sp³-hybridized carbons (Fsp3) is 0.615. The predicted molar refractivity (Wildman–Crippen MR) is 71.0 cm³/mol. The van der Waals surface area contributed by atoms with Crippen LogP contribution in [0.2, 0.25) is 0 Å². The van der Waals surface area contributed by atoms with E-state index in [0.29, 0.717) is 13.0 Å². The number of carbonyl (C=O) groups excluding carboxylic acids is 1. The van der Waals surface area contributed by atoms with Gasteiger partial charge in [0.2, 0.25) is 5.91 Å². The molecule has 0 aliphatic carbocycles. The smallest absolute Gasteiger partial charge is 0.222 e. The van der Waals surface area contributed by atoms with Crippen molar-refractivity contribution in [3.63, 3.8) is 0 Å². The maximum atomic E-state index is 12.0. The summed E-state index contributed by atoms with van der Waals surface area (Å²) in [5, 5.41) is 4.17. The number of nitrogens with two attached hydrogens (primary N) is 1. The largest absolute Gasteiger partial charge is 0.342 e. The zero-order valence-corrected chi connectivity index (χ0v) is 11.1. The van der Waals surface area contributed by atoms with Gasteiger partial charge in [-0.1, -0.05) is 6.92 Å². The molecule has 1 aromatic rings. The van der Waals surface area contributed by atoms with Gasteiger partial charge in [-0.15, -0.1) is 0 Å². The van der Waals surface area contributed by atoms with Crippen molar-refractivity contribution in [2.75, 3.05) is 19.6 Å². The molecule has 17 heavy (non-hydrogen) atoms. The molecule has 2 heterocycles. The molecule has 1 saturated heterocycles. The molecule has 2 N–H and O–H groups in total. The third-order valence-electron chi connectivity index (χ3n) is 3.61. The van der Waals surface area contributed by atoms with Crippen LogP contribution in [-0.2, 0) is 11.2 Å². The second-order valence-corrected chi connectivity index (χ2v) is 5.99. The lowest BCUT2D eigenvalue weighted by Crippen LogP contribution is -2.34. The first-order valence-electron chi connectivity index (χ1n) is 6.12. The number of nitrogens with zero attached hydrogens (tertiary/aromatic N) is 1. The Morgan fingerprint density at radius 2 is 2.47 bits per heavy atom. The first-order valence-corrected chi connectivity index (χ1v) is 7.06. The van der Waals surface area contributed by atoms with E-state index in [1.807, 2.05) is 4.90 Å². The Morgan fingerprint density at radius 1 is 1.65 bits per heavy atom. The topological polar surface area (TPSA) is 46.3 Å². The lowest BCUT2D eigenvalue weighted by atomic mass is 9.90. The van der Waals surface area contributed by atoms with Crippen molar-refractivity contribution < 1.29 is 4.79 Å². The molecule has 0 spiro atoms. The van der Waals surface area contributed by atoms with Crippen molar-refractivity contribution in [3.8, 4) is 0 Å². The molecular formula is C13H20N2OS. The standard InChI is InChI=1S/C13H20N2OS/c1-13(9-14)5-6-15(10-13)12(16)3-2-11-4-7-17-8-11/h4,7-8H,2-3,5-6,9-10,14H2,1H3. The summed E-state index contributed by atoms with van der Waals surface area (Å²) < 4.78 is 0. The van der Waals surface area contributed by atoms with Gasteiger partial charge in [0.05, 0.1) is 0 Å². The summed E-state index contributed by atoms with van der Waals surface area (Å²) in [4.78, 5) is 14.0. The predicted octanol–water partition coefficient (Wildman–Crippen LogP) is 1.88. The van der Waals surface area contributed by atoms with E-state index >= 15 is 0 Å². The van der Waals surface area contributed by atoms with Crippen LogP contribution in [-0.4, -0.2) is 30.4 Å². The lowest BCUT2D eigenvalue weighted by Gasteiger charge is -2.22. The van der Waals surface area contributed by atoms with E-state index < -0.39 is 0 Å². The van der Waals surface area contributed by atoms with Gasteiger partial charge in [0.1, 0.15) is 0 Å². The second kappa shape index (κ2) is 5.19. The number of hydrogen-bond acceptors (Lipinski definition) is 3. The van der Waals surface area contributed by atoms with Gasteiger partial charge in [-0.3, -0.25) is 4.79 Å². The maximum absolute atomic E-state index is 12.0. The summed E-state index contributed by atoms with van der Waals surface area (Å²) in [6.07, 6.45) is 2.52. The van der Waals surface area contributed by atoms with Gasteiger partial charge in [-0.05, 0) is 47.2 Å². The van der Waals surface area contributed by atoms with Crippen LogP contribution in [0, 0.1) is 5.41 Å². The van der Waals surface area contributed by atoms with Crippen LogP contribution in [0.4, 0.5) is 0 Å². The van der Waals surface area contributed by atoms with E-state index in [1.165, 1.54) is 5.56 Å². The number of carbonyl (C=O) groups is 1. The first-order chi connectivity index (χ1) is 8.13. The van der Waals surface area contributed by atoms with E-state index in [1.54, 1.807) is 11.3 Å². The molecule has 1 aliphatic rings. The van der Waals surface area contributed by atoms with Gasteiger partial charge >= 0.3 is 0 Å². The van der Waals surface area contributed by atoms with Crippen molar-refractivity contribution in [2.45, 2.75) is 26.2 Å². The minimum absolute atomic E-state index is 0.137. The summed E-state index contributed by atoms with van der Waals surface area (Å²) >= 11 is 1.69. The van der Waals surface area contributed by atoms with Crippen molar-refractivity contribution in [1.82, 2.24) is 4.90 Å². The number of likely N-dealkylation sites (tertiary alicyclic amines) is 1. The summed E-state index contributed by atoms with van der Waals surface area (Å²) in [6, 6.07) is 2.09. The average Bonchev–Trinajstić information content (AvgIpc) is 2.96. The monoisotopic (exact) mass is 252 g/mol. The lowest BCUT2D eigenvalue weighted by molar-refractivity contribution is -0.130. The molecule has 94 valence electrons. The minimum Gasteiger partial charge on any atom is -0.342 e. The third kappa shape index (κ3) is 3.07. The van der Waals surface area contributed by atoms with E-state index in [9.17, 15) is 4.79 Å². The molecule has 0 bridgehead atoms. The van der Waals surface area contributed by atoms with Gasteiger partial charge in [0, 0.05) is 19.5 Å². The highest BCUT2D eigenvalue weighted by molar-refractivity contribution is 7.07. The summed E-state index contributed by atoms with van der Waals surface area (Å²) in [5.74, 6) is 0.272. The molecule has 1 fully saturated rings. The molecule has 0 saturated carbocycles. The van der Waals surface area contributed by atoms with Crippen LogP contribution >= 0.6 is 11.3 Å². The van der Waals surface area contributed by atoms with E-state index in [0.717, 1.165) is 25.9 Å². The van der Waals surface area contributed by atoms with Gasteiger partial charge in [-0.25, -0.2) is 0 Å². The Hall–Kier alpha value is -0.870. The summed E-state index contributed by atoms with van der Waals surface area (Å²) in [5.41, 5.74) is 7.15.